The highest BCUT2D eigenvalue weighted by molar-refractivity contribution is 5.75. The molecular weight excluding hydrogens is 445 g/mol. The summed E-state index contributed by atoms with van der Waals surface area (Å²) in [6.45, 7) is 8.13. The summed E-state index contributed by atoms with van der Waals surface area (Å²) in [7, 11) is 0. The third-order valence-corrected chi connectivity index (χ3v) is 7.00. The van der Waals surface area contributed by atoms with E-state index in [2.05, 4.69) is 44.0 Å². The van der Waals surface area contributed by atoms with Crippen LogP contribution in [0, 0.1) is 5.82 Å². The summed E-state index contributed by atoms with van der Waals surface area (Å²) in [6, 6.07) is 14.8. The minimum absolute atomic E-state index is 0.0323. The Hall–Kier alpha value is -3.26. The molecule has 2 saturated heterocycles. The molecule has 0 aliphatic carbocycles. The normalized spacial score (nSPS) is 21.9. The molecule has 7 nitrogen and oxygen atoms in total. The van der Waals surface area contributed by atoms with Gasteiger partial charge in [-0.1, -0.05) is 30.3 Å². The van der Waals surface area contributed by atoms with E-state index in [1.165, 1.54) is 17.7 Å². The van der Waals surface area contributed by atoms with Gasteiger partial charge < -0.3 is 9.64 Å². The lowest BCUT2D eigenvalue weighted by atomic mass is 10.1. The zero-order valence-electron chi connectivity index (χ0n) is 20.3. The van der Waals surface area contributed by atoms with Crippen LogP contribution in [-0.4, -0.2) is 70.2 Å². The number of likely N-dealkylation sites (tertiary alicyclic amines) is 1. The fraction of sp³-hybridized carbons (Fsp3) is 0.444. The number of rotatable bonds is 4. The van der Waals surface area contributed by atoms with Crippen LogP contribution in [0.2, 0.25) is 0 Å². The van der Waals surface area contributed by atoms with E-state index in [1.807, 2.05) is 24.8 Å². The number of piperidine rings is 1. The van der Waals surface area contributed by atoms with Gasteiger partial charge in [0.1, 0.15) is 17.7 Å². The van der Waals surface area contributed by atoms with Gasteiger partial charge in [0.2, 0.25) is 0 Å². The largest absolute Gasteiger partial charge is 0.446 e. The SMILES string of the molecule is C[C@@H]1CN(c2cnc3cc(F)ccc3n2)C[C@H](C)N1C(=O)OC1CCN(Cc2ccccc2)CC1. The fourth-order valence-corrected chi connectivity index (χ4v) is 5.23. The van der Waals surface area contributed by atoms with Crippen LogP contribution in [0.3, 0.4) is 0 Å². The standard InChI is InChI=1S/C27H32FN5O2/c1-19-16-32(26-15-29-25-14-22(28)8-9-24(25)30-26)17-20(2)33(19)27(34)35-23-10-12-31(13-11-23)18-21-6-4-3-5-7-21/h3-9,14-15,19-20,23H,10-13,16-18H2,1-2H3/t19-,20+. The van der Waals surface area contributed by atoms with E-state index < -0.39 is 0 Å². The summed E-state index contributed by atoms with van der Waals surface area (Å²) in [4.78, 5) is 28.6. The number of ether oxygens (including phenoxy) is 1. The van der Waals surface area contributed by atoms with E-state index in [-0.39, 0.29) is 30.1 Å². The van der Waals surface area contributed by atoms with Crippen molar-refractivity contribution < 1.29 is 13.9 Å². The van der Waals surface area contributed by atoms with Gasteiger partial charge in [0.15, 0.2) is 0 Å². The molecule has 0 saturated carbocycles. The number of hydrogen-bond donors (Lipinski definition) is 0. The quantitative estimate of drug-likeness (QED) is 0.553. The molecule has 3 heterocycles. The van der Waals surface area contributed by atoms with Gasteiger partial charge in [-0.25, -0.2) is 14.2 Å². The Morgan fingerprint density at radius 1 is 1.03 bits per heavy atom. The second-order valence-electron chi connectivity index (χ2n) is 9.72. The van der Waals surface area contributed by atoms with E-state index in [0.29, 0.717) is 24.1 Å². The van der Waals surface area contributed by atoms with Crippen LogP contribution < -0.4 is 4.90 Å². The van der Waals surface area contributed by atoms with Crippen molar-refractivity contribution in [1.82, 2.24) is 19.8 Å². The smallest absolute Gasteiger partial charge is 0.410 e. The van der Waals surface area contributed by atoms with Gasteiger partial charge in [-0.15, -0.1) is 0 Å². The molecule has 0 radical (unpaired) electrons. The van der Waals surface area contributed by atoms with Crippen molar-refractivity contribution in [1.29, 1.82) is 0 Å². The number of anilines is 1. The lowest BCUT2D eigenvalue weighted by Crippen LogP contribution is -2.59. The number of fused-ring (bicyclic) bond motifs is 1. The summed E-state index contributed by atoms with van der Waals surface area (Å²) < 4.78 is 19.4. The minimum Gasteiger partial charge on any atom is -0.446 e. The molecule has 0 spiro atoms. The van der Waals surface area contributed by atoms with E-state index in [0.717, 1.165) is 38.3 Å². The lowest BCUT2D eigenvalue weighted by Gasteiger charge is -2.44. The zero-order valence-corrected chi connectivity index (χ0v) is 20.3. The molecule has 0 unspecified atom stereocenters. The van der Waals surface area contributed by atoms with Crippen molar-refractivity contribution in [3.05, 3.63) is 66.1 Å². The first-order chi connectivity index (χ1) is 17.0. The van der Waals surface area contributed by atoms with E-state index in [4.69, 9.17) is 4.74 Å². The molecule has 2 atom stereocenters. The number of halogens is 1. The molecule has 2 aliphatic rings. The molecule has 3 aromatic rings. The van der Waals surface area contributed by atoms with Crippen molar-refractivity contribution in [2.45, 2.75) is 51.4 Å². The average molecular weight is 478 g/mol. The van der Waals surface area contributed by atoms with Crippen molar-refractivity contribution >= 4 is 22.9 Å². The Morgan fingerprint density at radius 2 is 1.74 bits per heavy atom. The van der Waals surface area contributed by atoms with Crippen LogP contribution in [0.25, 0.3) is 11.0 Å². The fourth-order valence-electron chi connectivity index (χ4n) is 5.23. The van der Waals surface area contributed by atoms with Gasteiger partial charge in [0.05, 0.1) is 29.3 Å². The minimum atomic E-state index is -0.323. The highest BCUT2D eigenvalue weighted by atomic mass is 19.1. The van der Waals surface area contributed by atoms with Gasteiger partial charge in [0.25, 0.3) is 0 Å². The first-order valence-corrected chi connectivity index (χ1v) is 12.4. The van der Waals surface area contributed by atoms with Gasteiger partial charge in [-0.2, -0.15) is 0 Å². The summed E-state index contributed by atoms with van der Waals surface area (Å²) >= 11 is 0. The van der Waals surface area contributed by atoms with E-state index in [9.17, 15) is 9.18 Å². The van der Waals surface area contributed by atoms with Gasteiger partial charge in [0, 0.05) is 38.8 Å². The third kappa shape index (κ3) is 5.37. The predicted octanol–water partition coefficient (Wildman–Crippen LogP) is 4.47. The first-order valence-electron chi connectivity index (χ1n) is 12.4. The number of hydrogen-bond acceptors (Lipinski definition) is 6. The van der Waals surface area contributed by atoms with Crippen LogP contribution in [0.5, 0.6) is 0 Å². The third-order valence-electron chi connectivity index (χ3n) is 7.00. The molecule has 1 aromatic heterocycles. The lowest BCUT2D eigenvalue weighted by molar-refractivity contribution is 0.0100. The van der Waals surface area contributed by atoms with Crippen LogP contribution in [0.1, 0.15) is 32.3 Å². The molecule has 0 bridgehead atoms. The Labute approximate surface area is 205 Å². The van der Waals surface area contributed by atoms with Crippen LogP contribution in [0.15, 0.2) is 54.7 Å². The molecule has 2 aromatic carbocycles. The van der Waals surface area contributed by atoms with Crippen molar-refractivity contribution in [2.24, 2.45) is 0 Å². The second kappa shape index (κ2) is 10.2. The molecule has 0 N–H and O–H groups in total. The van der Waals surface area contributed by atoms with Gasteiger partial charge in [-0.3, -0.25) is 14.8 Å². The van der Waals surface area contributed by atoms with E-state index >= 15 is 0 Å². The van der Waals surface area contributed by atoms with Crippen LogP contribution in [0.4, 0.5) is 15.0 Å². The molecule has 2 fully saturated rings. The van der Waals surface area contributed by atoms with Gasteiger partial charge in [-0.05, 0) is 44.4 Å². The number of carbonyl (C=O) groups is 1. The monoisotopic (exact) mass is 477 g/mol. The maximum atomic E-state index is 13.5. The molecule has 184 valence electrons. The molecule has 35 heavy (non-hydrogen) atoms. The maximum absolute atomic E-state index is 13.5. The second-order valence-corrected chi connectivity index (χ2v) is 9.72. The molecule has 1 amide bonds. The average Bonchev–Trinajstić information content (AvgIpc) is 2.85. The van der Waals surface area contributed by atoms with Crippen LogP contribution >= 0.6 is 0 Å². The Morgan fingerprint density at radius 3 is 2.46 bits per heavy atom. The Balaban J connectivity index is 1.15. The topological polar surface area (TPSA) is 61.8 Å². The summed E-state index contributed by atoms with van der Waals surface area (Å²) in [5.74, 6) is 0.414. The van der Waals surface area contributed by atoms with E-state index in [1.54, 1.807) is 12.3 Å². The number of piperazine rings is 1. The maximum Gasteiger partial charge on any atom is 0.410 e. The predicted molar refractivity (Wildman–Crippen MR) is 134 cm³/mol. The van der Waals surface area contributed by atoms with Gasteiger partial charge >= 0.3 is 6.09 Å². The number of benzene rings is 2. The highest BCUT2D eigenvalue weighted by Crippen LogP contribution is 2.25. The summed E-state index contributed by atoms with van der Waals surface area (Å²) in [6.07, 6.45) is 3.12. The molecule has 5 rings (SSSR count). The Kier molecular flexibility index (Phi) is 6.81. The van der Waals surface area contributed by atoms with Crippen molar-refractivity contribution in [2.75, 3.05) is 31.1 Å². The number of aromatic nitrogens is 2. The highest BCUT2D eigenvalue weighted by Gasteiger charge is 2.36. The number of nitrogens with zero attached hydrogens (tertiary/aromatic N) is 5. The van der Waals surface area contributed by atoms with Crippen LogP contribution in [-0.2, 0) is 11.3 Å². The molecule has 2 aliphatic heterocycles. The summed E-state index contributed by atoms with van der Waals surface area (Å²) in [5, 5.41) is 0. The Bertz CT molecular complexity index is 1160. The van der Waals surface area contributed by atoms with Crippen molar-refractivity contribution in [3.63, 3.8) is 0 Å². The summed E-state index contributed by atoms with van der Waals surface area (Å²) in [5.41, 5.74) is 2.50. The number of carbonyl (C=O) groups excluding carboxylic acids is 1. The first kappa shape index (κ1) is 23.5. The molecular formula is C27H32FN5O2. The number of amides is 1. The van der Waals surface area contributed by atoms with Crippen molar-refractivity contribution in [3.8, 4) is 0 Å². The zero-order chi connectivity index (χ0) is 24.4. The molecule has 8 heteroatoms.